The number of imidazole rings is 1. The van der Waals surface area contributed by atoms with E-state index in [1.165, 1.54) is 53.7 Å². The molecule has 5 nitrogen and oxygen atoms in total. The molecule has 0 radical (unpaired) electrons. The molecular weight excluding hydrogens is 358 g/mol. The second kappa shape index (κ2) is 6.97. The number of allylic oxidation sites excluding steroid dienone is 2. The molecule has 2 aliphatic heterocycles. The summed E-state index contributed by atoms with van der Waals surface area (Å²) in [6.07, 6.45) is 14.6. The van der Waals surface area contributed by atoms with Crippen LogP contribution in [0.25, 0.3) is 11.0 Å². The van der Waals surface area contributed by atoms with Crippen LogP contribution in [-0.2, 0) is 24.8 Å². The van der Waals surface area contributed by atoms with E-state index in [1.54, 1.807) is 0 Å². The van der Waals surface area contributed by atoms with Gasteiger partial charge in [0.25, 0.3) is 0 Å². The maximum absolute atomic E-state index is 5.92. The highest BCUT2D eigenvalue weighted by Crippen LogP contribution is 2.39. The smallest absolute Gasteiger partial charge is 0.120 e. The van der Waals surface area contributed by atoms with Crippen molar-refractivity contribution in [2.45, 2.75) is 70.8 Å². The zero-order chi connectivity index (χ0) is 20.0. The molecule has 1 aromatic carbocycles. The van der Waals surface area contributed by atoms with E-state index < -0.39 is 0 Å². The van der Waals surface area contributed by atoms with E-state index in [0.29, 0.717) is 5.82 Å². The van der Waals surface area contributed by atoms with Gasteiger partial charge in [0.1, 0.15) is 11.6 Å². The van der Waals surface area contributed by atoms with E-state index in [4.69, 9.17) is 10.7 Å². The summed E-state index contributed by atoms with van der Waals surface area (Å²) in [6, 6.07) is 4.77. The van der Waals surface area contributed by atoms with Crippen molar-refractivity contribution in [2.75, 3.05) is 0 Å². The standard InChI is InChI=1S/C24H31N5/c1-3-7-16-12-17-8-5-4-6-11-29-22(17)19(13-16)28-23(29)24(2)10-9-18-20(14-24)26-15-21(25)27-18/h9,12-15,26-27H,3-8,10-11,25H2,1-2H3. The van der Waals surface area contributed by atoms with Gasteiger partial charge in [0.2, 0.25) is 0 Å². The molecule has 1 unspecified atom stereocenters. The number of nitrogens with one attached hydrogen (secondary N) is 2. The lowest BCUT2D eigenvalue weighted by atomic mass is 9.80. The average Bonchev–Trinajstić information content (AvgIpc) is 3.05. The van der Waals surface area contributed by atoms with Crippen LogP contribution in [0.5, 0.6) is 0 Å². The van der Waals surface area contributed by atoms with Crippen molar-refractivity contribution in [1.29, 1.82) is 0 Å². The molecule has 2 aromatic rings. The molecule has 3 heterocycles. The van der Waals surface area contributed by atoms with Crippen molar-refractivity contribution in [3.8, 4) is 0 Å². The molecule has 0 saturated carbocycles. The minimum atomic E-state index is -0.145. The average molecular weight is 390 g/mol. The van der Waals surface area contributed by atoms with Gasteiger partial charge in [-0.2, -0.15) is 0 Å². The lowest BCUT2D eigenvalue weighted by Gasteiger charge is -2.33. The van der Waals surface area contributed by atoms with Crippen LogP contribution in [0, 0.1) is 0 Å². The van der Waals surface area contributed by atoms with Crippen LogP contribution >= 0.6 is 0 Å². The lowest BCUT2D eigenvalue weighted by molar-refractivity contribution is 0.484. The summed E-state index contributed by atoms with van der Waals surface area (Å²) >= 11 is 0. The number of nitrogens with two attached hydrogens (primary N) is 1. The number of hydrogen-bond acceptors (Lipinski definition) is 4. The van der Waals surface area contributed by atoms with Crippen LogP contribution in [0.1, 0.15) is 62.9 Å². The Kier molecular flexibility index (Phi) is 4.41. The molecule has 0 spiro atoms. The third kappa shape index (κ3) is 3.13. The van der Waals surface area contributed by atoms with Gasteiger partial charge in [0, 0.05) is 18.2 Å². The van der Waals surface area contributed by atoms with Gasteiger partial charge in [-0.3, -0.25) is 0 Å². The fraction of sp³-hybridized carbons (Fsp3) is 0.458. The third-order valence-electron chi connectivity index (χ3n) is 6.50. The Hall–Kier alpha value is -2.69. The number of rotatable bonds is 3. The lowest BCUT2D eigenvalue weighted by Crippen LogP contribution is -2.36. The highest BCUT2D eigenvalue weighted by atomic mass is 15.1. The molecule has 152 valence electrons. The zero-order valence-electron chi connectivity index (χ0n) is 17.5. The number of aromatic nitrogens is 2. The zero-order valence-corrected chi connectivity index (χ0v) is 17.5. The molecule has 4 N–H and O–H groups in total. The summed E-state index contributed by atoms with van der Waals surface area (Å²) in [7, 11) is 0. The number of fused-ring (bicyclic) bond motifs is 1. The van der Waals surface area contributed by atoms with Crippen LogP contribution in [0.15, 0.2) is 47.7 Å². The maximum Gasteiger partial charge on any atom is 0.120 e. The molecule has 1 atom stereocenters. The summed E-state index contributed by atoms with van der Waals surface area (Å²) in [6.45, 7) is 5.62. The molecule has 0 saturated heterocycles. The Balaban J connectivity index is 1.66. The molecule has 29 heavy (non-hydrogen) atoms. The highest BCUT2D eigenvalue weighted by molar-refractivity contribution is 5.81. The van der Waals surface area contributed by atoms with Crippen LogP contribution < -0.4 is 16.4 Å². The van der Waals surface area contributed by atoms with E-state index in [-0.39, 0.29) is 5.41 Å². The van der Waals surface area contributed by atoms with E-state index >= 15 is 0 Å². The number of hydrogen-bond donors (Lipinski definition) is 3. The number of benzene rings is 1. The van der Waals surface area contributed by atoms with E-state index in [0.717, 1.165) is 37.2 Å². The van der Waals surface area contributed by atoms with Gasteiger partial charge in [-0.1, -0.05) is 31.9 Å². The summed E-state index contributed by atoms with van der Waals surface area (Å²) in [4.78, 5) is 5.26. The Bertz CT molecular complexity index is 1050. The van der Waals surface area contributed by atoms with Crippen molar-refractivity contribution in [3.05, 3.63) is 64.7 Å². The first kappa shape index (κ1) is 18.3. The van der Waals surface area contributed by atoms with Crippen LogP contribution in [0.4, 0.5) is 0 Å². The SMILES string of the molecule is CCCc1cc2c3c(c1)nc(C1(C)C=C4NC=C(N)NC4=CC1)n3CCCCC2. The largest absolute Gasteiger partial charge is 0.384 e. The van der Waals surface area contributed by atoms with Crippen molar-refractivity contribution >= 4 is 11.0 Å². The highest BCUT2D eigenvalue weighted by Gasteiger charge is 2.35. The Morgan fingerprint density at radius 1 is 1.21 bits per heavy atom. The third-order valence-corrected chi connectivity index (χ3v) is 6.50. The van der Waals surface area contributed by atoms with E-state index in [1.807, 2.05) is 6.20 Å². The monoisotopic (exact) mass is 389 g/mol. The molecule has 0 amide bonds. The molecule has 5 heteroatoms. The number of aryl methyl sites for hydroxylation is 3. The molecular formula is C24H31N5. The topological polar surface area (TPSA) is 67.9 Å². The minimum Gasteiger partial charge on any atom is -0.384 e. The van der Waals surface area contributed by atoms with Gasteiger partial charge < -0.3 is 20.9 Å². The van der Waals surface area contributed by atoms with Crippen molar-refractivity contribution in [3.63, 3.8) is 0 Å². The molecule has 5 rings (SSSR count). The summed E-state index contributed by atoms with van der Waals surface area (Å²) in [5, 5.41) is 6.61. The van der Waals surface area contributed by atoms with Crippen molar-refractivity contribution in [1.82, 2.24) is 20.2 Å². The Morgan fingerprint density at radius 2 is 2.10 bits per heavy atom. The molecule has 3 aliphatic rings. The molecule has 0 bridgehead atoms. The first-order chi connectivity index (χ1) is 14.1. The first-order valence-corrected chi connectivity index (χ1v) is 11.0. The van der Waals surface area contributed by atoms with Crippen LogP contribution in [0.3, 0.4) is 0 Å². The molecule has 1 aromatic heterocycles. The van der Waals surface area contributed by atoms with E-state index in [2.05, 4.69) is 53.3 Å². The van der Waals surface area contributed by atoms with E-state index in [9.17, 15) is 0 Å². The van der Waals surface area contributed by atoms with Crippen molar-refractivity contribution < 1.29 is 0 Å². The fourth-order valence-electron chi connectivity index (χ4n) is 5.08. The predicted octanol–water partition coefficient (Wildman–Crippen LogP) is 4.09. The quantitative estimate of drug-likeness (QED) is 0.739. The van der Waals surface area contributed by atoms with Crippen LogP contribution in [-0.4, -0.2) is 9.55 Å². The van der Waals surface area contributed by atoms with Gasteiger partial charge in [-0.05, 0) is 62.3 Å². The second-order valence-corrected chi connectivity index (χ2v) is 8.94. The van der Waals surface area contributed by atoms with Gasteiger partial charge in [-0.25, -0.2) is 4.98 Å². The summed E-state index contributed by atoms with van der Waals surface area (Å²) in [5.74, 6) is 1.84. The maximum atomic E-state index is 5.92. The van der Waals surface area contributed by atoms with Gasteiger partial charge in [0.15, 0.2) is 0 Å². The Labute approximate surface area is 172 Å². The van der Waals surface area contributed by atoms with Crippen LogP contribution in [0.2, 0.25) is 0 Å². The Morgan fingerprint density at radius 3 is 2.97 bits per heavy atom. The molecule has 0 fully saturated rings. The summed E-state index contributed by atoms with van der Waals surface area (Å²) in [5.41, 5.74) is 13.4. The van der Waals surface area contributed by atoms with Gasteiger partial charge >= 0.3 is 0 Å². The fourth-order valence-corrected chi connectivity index (χ4v) is 5.08. The molecule has 1 aliphatic carbocycles. The summed E-state index contributed by atoms with van der Waals surface area (Å²) < 4.78 is 2.52. The minimum absolute atomic E-state index is 0.145. The van der Waals surface area contributed by atoms with Gasteiger partial charge in [0.05, 0.1) is 22.4 Å². The number of nitrogens with zero attached hydrogens (tertiary/aromatic N) is 2. The predicted molar refractivity (Wildman–Crippen MR) is 118 cm³/mol. The van der Waals surface area contributed by atoms with Gasteiger partial charge in [-0.15, -0.1) is 0 Å². The van der Waals surface area contributed by atoms with Crippen molar-refractivity contribution in [2.24, 2.45) is 5.73 Å². The normalized spacial score (nSPS) is 23.7. The second-order valence-electron chi connectivity index (χ2n) is 8.94. The first-order valence-electron chi connectivity index (χ1n) is 11.0.